The zero-order chi connectivity index (χ0) is 14.1. The van der Waals surface area contributed by atoms with Gasteiger partial charge in [0.05, 0.1) is 17.5 Å². The number of anilines is 1. The smallest absolute Gasteiger partial charge is 0.259 e. The number of carbonyl (C=O) groups is 3. The third-order valence-corrected chi connectivity index (χ3v) is 3.81. The Balaban J connectivity index is 1.76. The minimum atomic E-state index is -0.431. The molecule has 0 fully saturated rings. The number of benzene rings is 1. The fourth-order valence-electron chi connectivity index (χ4n) is 2.02. The van der Waals surface area contributed by atoms with Crippen LogP contribution in [-0.4, -0.2) is 17.7 Å². The third kappa shape index (κ3) is 2.33. The number of carbonyl (C=O) groups excluding carboxylic acids is 3. The van der Waals surface area contributed by atoms with Gasteiger partial charge in [-0.1, -0.05) is 6.07 Å². The van der Waals surface area contributed by atoms with E-state index in [0.29, 0.717) is 23.2 Å². The van der Waals surface area contributed by atoms with Gasteiger partial charge in [-0.15, -0.1) is 11.3 Å². The molecule has 5 nitrogen and oxygen atoms in total. The fourth-order valence-corrected chi connectivity index (χ4v) is 2.73. The summed E-state index contributed by atoms with van der Waals surface area (Å²) in [5.74, 6) is -0.988. The third-order valence-electron chi connectivity index (χ3n) is 2.93. The van der Waals surface area contributed by atoms with Crippen LogP contribution >= 0.6 is 11.3 Å². The second-order valence-corrected chi connectivity index (χ2v) is 5.38. The molecule has 1 aliphatic heterocycles. The lowest BCUT2D eigenvalue weighted by Crippen LogP contribution is -2.19. The van der Waals surface area contributed by atoms with Crippen molar-refractivity contribution in [2.75, 3.05) is 5.32 Å². The normalized spacial score (nSPS) is 13.0. The number of imide groups is 1. The SMILES string of the molecule is O=C(Cc1cccs1)Nc1ccc2c(c1)C(=O)NC2=O. The molecular formula is C14H10N2O3S. The largest absolute Gasteiger partial charge is 0.326 e. The van der Waals surface area contributed by atoms with Crippen molar-refractivity contribution in [2.45, 2.75) is 6.42 Å². The van der Waals surface area contributed by atoms with Gasteiger partial charge in [-0.25, -0.2) is 0 Å². The number of amides is 3. The van der Waals surface area contributed by atoms with Crippen molar-refractivity contribution in [3.8, 4) is 0 Å². The van der Waals surface area contributed by atoms with Crippen LogP contribution in [0.4, 0.5) is 5.69 Å². The topological polar surface area (TPSA) is 75.3 Å². The van der Waals surface area contributed by atoms with Crippen molar-refractivity contribution in [3.05, 3.63) is 51.7 Å². The monoisotopic (exact) mass is 286 g/mol. The van der Waals surface area contributed by atoms with Crippen LogP contribution in [0.3, 0.4) is 0 Å². The first-order valence-corrected chi connectivity index (χ1v) is 6.83. The zero-order valence-corrected chi connectivity index (χ0v) is 11.1. The molecule has 2 N–H and O–H groups in total. The van der Waals surface area contributed by atoms with Crippen LogP contribution in [0.1, 0.15) is 25.6 Å². The lowest BCUT2D eigenvalue weighted by molar-refractivity contribution is -0.115. The Labute approximate surface area is 118 Å². The maximum absolute atomic E-state index is 11.9. The molecule has 0 atom stereocenters. The van der Waals surface area contributed by atoms with Crippen LogP contribution in [0.5, 0.6) is 0 Å². The molecule has 3 rings (SSSR count). The number of fused-ring (bicyclic) bond motifs is 1. The van der Waals surface area contributed by atoms with Crippen LogP contribution in [0.25, 0.3) is 0 Å². The predicted molar refractivity (Wildman–Crippen MR) is 74.9 cm³/mol. The van der Waals surface area contributed by atoms with Crippen LogP contribution in [0.2, 0.25) is 0 Å². The molecule has 0 unspecified atom stereocenters. The van der Waals surface area contributed by atoms with Crippen molar-refractivity contribution in [2.24, 2.45) is 0 Å². The molecule has 1 aromatic heterocycles. The lowest BCUT2D eigenvalue weighted by atomic mass is 10.1. The average molecular weight is 286 g/mol. The number of nitrogens with one attached hydrogen (secondary N) is 2. The first-order valence-electron chi connectivity index (χ1n) is 5.95. The minimum Gasteiger partial charge on any atom is -0.326 e. The molecule has 0 aliphatic carbocycles. The van der Waals surface area contributed by atoms with Gasteiger partial charge in [-0.2, -0.15) is 0 Å². The Morgan fingerprint density at radius 1 is 1.15 bits per heavy atom. The lowest BCUT2D eigenvalue weighted by Gasteiger charge is -2.05. The van der Waals surface area contributed by atoms with Crippen molar-refractivity contribution >= 4 is 34.7 Å². The van der Waals surface area contributed by atoms with E-state index in [2.05, 4.69) is 10.6 Å². The van der Waals surface area contributed by atoms with E-state index >= 15 is 0 Å². The first-order chi connectivity index (χ1) is 9.63. The number of hydrogen-bond acceptors (Lipinski definition) is 4. The summed E-state index contributed by atoms with van der Waals surface area (Å²) in [6.45, 7) is 0. The maximum atomic E-state index is 11.9. The second kappa shape index (κ2) is 4.90. The minimum absolute atomic E-state index is 0.155. The summed E-state index contributed by atoms with van der Waals surface area (Å²) in [5, 5.41) is 6.84. The Bertz CT molecular complexity index is 707. The highest BCUT2D eigenvalue weighted by Gasteiger charge is 2.26. The summed E-state index contributed by atoms with van der Waals surface area (Å²) in [7, 11) is 0. The summed E-state index contributed by atoms with van der Waals surface area (Å²) in [6.07, 6.45) is 0.292. The van der Waals surface area contributed by atoms with Gasteiger partial charge < -0.3 is 5.32 Å². The van der Waals surface area contributed by atoms with E-state index < -0.39 is 11.8 Å². The predicted octanol–water partition coefficient (Wildman–Crippen LogP) is 1.81. The van der Waals surface area contributed by atoms with Gasteiger partial charge in [0.25, 0.3) is 11.8 Å². The van der Waals surface area contributed by atoms with Crippen molar-refractivity contribution in [1.82, 2.24) is 5.32 Å². The molecule has 2 heterocycles. The summed E-state index contributed by atoms with van der Waals surface area (Å²) >= 11 is 1.51. The summed E-state index contributed by atoms with van der Waals surface area (Å²) < 4.78 is 0. The quantitative estimate of drug-likeness (QED) is 0.845. The molecule has 20 heavy (non-hydrogen) atoms. The van der Waals surface area contributed by atoms with Crippen molar-refractivity contribution in [3.63, 3.8) is 0 Å². The zero-order valence-electron chi connectivity index (χ0n) is 10.3. The Hall–Kier alpha value is -2.47. The Kier molecular flexibility index (Phi) is 3.08. The van der Waals surface area contributed by atoms with Gasteiger partial charge in [0, 0.05) is 10.6 Å². The van der Waals surface area contributed by atoms with Crippen molar-refractivity contribution in [1.29, 1.82) is 0 Å². The van der Waals surface area contributed by atoms with E-state index in [9.17, 15) is 14.4 Å². The van der Waals surface area contributed by atoms with Gasteiger partial charge >= 0.3 is 0 Å². The molecule has 2 aromatic rings. The Morgan fingerprint density at radius 2 is 1.95 bits per heavy atom. The molecule has 6 heteroatoms. The summed E-state index contributed by atoms with van der Waals surface area (Å²) in [6, 6.07) is 8.44. The Morgan fingerprint density at radius 3 is 2.70 bits per heavy atom. The van der Waals surface area contributed by atoms with E-state index in [1.165, 1.54) is 23.5 Å². The fraction of sp³-hybridized carbons (Fsp3) is 0.0714. The highest BCUT2D eigenvalue weighted by atomic mass is 32.1. The molecule has 0 saturated heterocycles. The molecule has 3 amide bonds. The number of thiophene rings is 1. The standard InChI is InChI=1S/C14H10N2O3S/c17-12(7-9-2-1-5-20-9)15-8-3-4-10-11(6-8)14(19)16-13(10)18/h1-6H,7H2,(H,15,17)(H,16,18,19). The number of hydrogen-bond donors (Lipinski definition) is 2. The average Bonchev–Trinajstić information content (AvgIpc) is 2.99. The highest BCUT2D eigenvalue weighted by Crippen LogP contribution is 2.20. The summed E-state index contributed by atoms with van der Waals surface area (Å²) in [4.78, 5) is 35.8. The van der Waals surface area contributed by atoms with Gasteiger partial charge in [0.2, 0.25) is 5.91 Å². The maximum Gasteiger partial charge on any atom is 0.259 e. The van der Waals surface area contributed by atoms with Crippen LogP contribution in [0.15, 0.2) is 35.7 Å². The van der Waals surface area contributed by atoms with E-state index in [0.717, 1.165) is 4.88 Å². The van der Waals surface area contributed by atoms with Crippen LogP contribution in [0, 0.1) is 0 Å². The molecule has 0 radical (unpaired) electrons. The van der Waals surface area contributed by atoms with E-state index in [4.69, 9.17) is 0 Å². The van der Waals surface area contributed by atoms with Crippen molar-refractivity contribution < 1.29 is 14.4 Å². The number of rotatable bonds is 3. The molecular weight excluding hydrogens is 276 g/mol. The van der Waals surface area contributed by atoms with Gasteiger partial charge in [0.1, 0.15) is 0 Å². The molecule has 1 aliphatic rings. The van der Waals surface area contributed by atoms with E-state index in [1.54, 1.807) is 6.07 Å². The highest BCUT2D eigenvalue weighted by molar-refractivity contribution is 7.10. The van der Waals surface area contributed by atoms with Crippen LogP contribution in [-0.2, 0) is 11.2 Å². The molecule has 0 saturated carbocycles. The first kappa shape index (κ1) is 12.6. The van der Waals surface area contributed by atoms with Gasteiger partial charge in [-0.05, 0) is 29.6 Å². The van der Waals surface area contributed by atoms with Gasteiger partial charge in [-0.3, -0.25) is 19.7 Å². The van der Waals surface area contributed by atoms with Crippen LogP contribution < -0.4 is 10.6 Å². The molecule has 100 valence electrons. The van der Waals surface area contributed by atoms with E-state index in [-0.39, 0.29) is 5.91 Å². The molecule has 1 aromatic carbocycles. The summed E-state index contributed by atoms with van der Waals surface area (Å²) in [5.41, 5.74) is 1.14. The second-order valence-electron chi connectivity index (χ2n) is 4.35. The van der Waals surface area contributed by atoms with E-state index in [1.807, 2.05) is 17.5 Å². The molecule has 0 spiro atoms. The van der Waals surface area contributed by atoms with Gasteiger partial charge in [0.15, 0.2) is 0 Å². The molecule has 0 bridgehead atoms.